The molecule has 82 valence electrons. The van der Waals surface area contributed by atoms with Gasteiger partial charge in [0, 0.05) is 31.8 Å². The van der Waals surface area contributed by atoms with Crippen molar-refractivity contribution >= 4 is 0 Å². The molecule has 3 heteroatoms. The molecular formula is C11H22N2O. The predicted octanol–water partition coefficient (Wildman–Crippen LogP) is 0.979. The maximum absolute atomic E-state index is 5.67. The molecule has 1 atom stereocenters. The number of nitrogens with two attached hydrogens (primary N) is 1. The summed E-state index contributed by atoms with van der Waals surface area (Å²) in [5.41, 5.74) is 5.67. The van der Waals surface area contributed by atoms with E-state index in [1.54, 1.807) is 0 Å². The van der Waals surface area contributed by atoms with Crippen molar-refractivity contribution in [1.82, 2.24) is 4.90 Å². The molecule has 14 heavy (non-hydrogen) atoms. The number of ether oxygens (including phenoxy) is 1. The number of hydrogen-bond donors (Lipinski definition) is 1. The van der Waals surface area contributed by atoms with E-state index in [0.717, 1.165) is 32.3 Å². The Labute approximate surface area is 86.6 Å². The first-order valence-electron chi connectivity index (χ1n) is 5.95. The van der Waals surface area contributed by atoms with Gasteiger partial charge in [0.05, 0.1) is 6.61 Å². The summed E-state index contributed by atoms with van der Waals surface area (Å²) in [5.74, 6) is 0. The average Bonchev–Trinajstić information content (AvgIpc) is 2.16. The molecule has 0 radical (unpaired) electrons. The summed E-state index contributed by atoms with van der Waals surface area (Å²) in [4.78, 5) is 2.60. The largest absolute Gasteiger partial charge is 0.380 e. The smallest absolute Gasteiger partial charge is 0.0621 e. The number of hydrogen-bond acceptors (Lipinski definition) is 3. The Bertz CT molecular complexity index is 165. The maximum Gasteiger partial charge on any atom is 0.0621 e. The van der Waals surface area contributed by atoms with E-state index in [4.69, 9.17) is 10.5 Å². The fourth-order valence-electron chi connectivity index (χ4n) is 2.52. The van der Waals surface area contributed by atoms with Crippen molar-refractivity contribution in [1.29, 1.82) is 0 Å². The lowest BCUT2D eigenvalue weighted by Gasteiger charge is -2.43. The third kappa shape index (κ3) is 2.27. The predicted molar refractivity (Wildman–Crippen MR) is 57.2 cm³/mol. The standard InChI is InChI=1S/C11H22N2O/c12-6-7-13(10-3-1-4-10)11-5-2-8-14-9-11/h10-11H,1-9,12H2. The normalized spacial score (nSPS) is 29.1. The minimum absolute atomic E-state index is 0.651. The second-order valence-corrected chi connectivity index (χ2v) is 4.48. The van der Waals surface area contributed by atoms with E-state index in [1.165, 1.54) is 32.1 Å². The average molecular weight is 198 g/mol. The van der Waals surface area contributed by atoms with Gasteiger partial charge in [0.2, 0.25) is 0 Å². The Morgan fingerprint density at radius 1 is 1.14 bits per heavy atom. The first-order valence-corrected chi connectivity index (χ1v) is 5.95. The molecule has 0 aromatic rings. The minimum atomic E-state index is 0.651. The van der Waals surface area contributed by atoms with Crippen molar-refractivity contribution in [2.45, 2.75) is 44.2 Å². The highest BCUT2D eigenvalue weighted by Gasteiger charge is 2.30. The molecule has 1 aliphatic heterocycles. The van der Waals surface area contributed by atoms with Gasteiger partial charge in [-0.2, -0.15) is 0 Å². The molecule has 1 heterocycles. The van der Waals surface area contributed by atoms with E-state index in [1.807, 2.05) is 0 Å². The molecule has 1 aliphatic carbocycles. The van der Waals surface area contributed by atoms with E-state index >= 15 is 0 Å². The van der Waals surface area contributed by atoms with Crippen LogP contribution in [0.15, 0.2) is 0 Å². The first kappa shape index (κ1) is 10.4. The van der Waals surface area contributed by atoms with Crippen LogP contribution in [0.2, 0.25) is 0 Å². The van der Waals surface area contributed by atoms with E-state index in [0.29, 0.717) is 6.04 Å². The van der Waals surface area contributed by atoms with Crippen molar-refractivity contribution in [3.63, 3.8) is 0 Å². The van der Waals surface area contributed by atoms with Gasteiger partial charge in [-0.25, -0.2) is 0 Å². The Hall–Kier alpha value is -0.120. The van der Waals surface area contributed by atoms with Crippen LogP contribution in [0.3, 0.4) is 0 Å². The van der Waals surface area contributed by atoms with Gasteiger partial charge in [-0.3, -0.25) is 4.90 Å². The molecule has 2 N–H and O–H groups in total. The highest BCUT2D eigenvalue weighted by atomic mass is 16.5. The third-order valence-corrected chi connectivity index (χ3v) is 3.54. The van der Waals surface area contributed by atoms with Crippen LogP contribution in [0.5, 0.6) is 0 Å². The molecule has 1 saturated carbocycles. The van der Waals surface area contributed by atoms with Crippen LogP contribution in [0.4, 0.5) is 0 Å². The van der Waals surface area contributed by atoms with Gasteiger partial charge < -0.3 is 10.5 Å². The summed E-state index contributed by atoms with van der Waals surface area (Å²) in [6.45, 7) is 3.72. The lowest BCUT2D eigenvalue weighted by molar-refractivity contribution is -0.0145. The summed E-state index contributed by atoms with van der Waals surface area (Å²) >= 11 is 0. The molecule has 3 nitrogen and oxygen atoms in total. The molecule has 2 aliphatic rings. The zero-order valence-electron chi connectivity index (χ0n) is 8.95. The Kier molecular flexibility index (Phi) is 3.79. The van der Waals surface area contributed by atoms with Crippen LogP contribution in [0, 0.1) is 0 Å². The quantitative estimate of drug-likeness (QED) is 0.732. The summed E-state index contributed by atoms with van der Waals surface area (Å²) in [6, 6.07) is 1.46. The molecule has 0 amide bonds. The van der Waals surface area contributed by atoms with Crippen LogP contribution in [-0.4, -0.2) is 43.3 Å². The topological polar surface area (TPSA) is 38.5 Å². The maximum atomic E-state index is 5.67. The summed E-state index contributed by atoms with van der Waals surface area (Å²) in [7, 11) is 0. The second kappa shape index (κ2) is 5.10. The monoisotopic (exact) mass is 198 g/mol. The number of rotatable bonds is 4. The van der Waals surface area contributed by atoms with Crippen LogP contribution >= 0.6 is 0 Å². The molecule has 2 rings (SSSR count). The molecule has 1 saturated heterocycles. The summed E-state index contributed by atoms with van der Waals surface area (Å²) in [5, 5.41) is 0. The van der Waals surface area contributed by atoms with Crippen molar-refractivity contribution in [2.75, 3.05) is 26.3 Å². The zero-order valence-corrected chi connectivity index (χ0v) is 8.95. The SMILES string of the molecule is NCCN(C1CCC1)C1CCCOC1. The van der Waals surface area contributed by atoms with Crippen molar-refractivity contribution < 1.29 is 4.74 Å². The van der Waals surface area contributed by atoms with E-state index < -0.39 is 0 Å². The molecule has 1 unspecified atom stereocenters. The van der Waals surface area contributed by atoms with Crippen LogP contribution < -0.4 is 5.73 Å². The summed E-state index contributed by atoms with van der Waals surface area (Å²) in [6.07, 6.45) is 6.67. The Morgan fingerprint density at radius 2 is 1.93 bits per heavy atom. The Balaban J connectivity index is 1.86. The third-order valence-electron chi connectivity index (χ3n) is 3.54. The second-order valence-electron chi connectivity index (χ2n) is 4.48. The van der Waals surface area contributed by atoms with E-state index in [-0.39, 0.29) is 0 Å². The van der Waals surface area contributed by atoms with Crippen LogP contribution in [-0.2, 0) is 4.74 Å². The number of nitrogens with zero attached hydrogens (tertiary/aromatic N) is 1. The molecule has 0 bridgehead atoms. The molecule has 0 aromatic carbocycles. The van der Waals surface area contributed by atoms with Crippen molar-refractivity contribution in [2.24, 2.45) is 5.73 Å². The van der Waals surface area contributed by atoms with E-state index in [9.17, 15) is 0 Å². The Morgan fingerprint density at radius 3 is 2.43 bits per heavy atom. The van der Waals surface area contributed by atoms with E-state index in [2.05, 4.69) is 4.90 Å². The zero-order chi connectivity index (χ0) is 9.80. The van der Waals surface area contributed by atoms with Gasteiger partial charge >= 0.3 is 0 Å². The lowest BCUT2D eigenvalue weighted by atomic mass is 9.89. The van der Waals surface area contributed by atoms with Crippen LogP contribution in [0.1, 0.15) is 32.1 Å². The van der Waals surface area contributed by atoms with Gasteiger partial charge in [0.15, 0.2) is 0 Å². The highest BCUT2D eigenvalue weighted by Crippen LogP contribution is 2.28. The van der Waals surface area contributed by atoms with Gasteiger partial charge in [-0.05, 0) is 25.7 Å². The fourth-order valence-corrected chi connectivity index (χ4v) is 2.52. The minimum Gasteiger partial charge on any atom is -0.380 e. The van der Waals surface area contributed by atoms with Crippen molar-refractivity contribution in [3.8, 4) is 0 Å². The molecule has 2 fully saturated rings. The van der Waals surface area contributed by atoms with Gasteiger partial charge in [0.25, 0.3) is 0 Å². The molecule has 0 spiro atoms. The lowest BCUT2D eigenvalue weighted by Crippen LogP contribution is -2.51. The first-order chi connectivity index (χ1) is 6.92. The summed E-state index contributed by atoms with van der Waals surface area (Å²) < 4.78 is 5.55. The van der Waals surface area contributed by atoms with Gasteiger partial charge in [0.1, 0.15) is 0 Å². The van der Waals surface area contributed by atoms with Gasteiger partial charge in [-0.1, -0.05) is 6.42 Å². The highest BCUT2D eigenvalue weighted by molar-refractivity contribution is 4.86. The molecule has 0 aromatic heterocycles. The van der Waals surface area contributed by atoms with Crippen molar-refractivity contribution in [3.05, 3.63) is 0 Å². The van der Waals surface area contributed by atoms with Gasteiger partial charge in [-0.15, -0.1) is 0 Å². The van der Waals surface area contributed by atoms with Crippen LogP contribution in [0.25, 0.3) is 0 Å². The fraction of sp³-hybridized carbons (Fsp3) is 1.00. The molecular weight excluding hydrogens is 176 g/mol.